The molecule has 0 spiro atoms. The third kappa shape index (κ3) is 3.79. The maximum Gasteiger partial charge on any atom is 0.238 e. The van der Waals surface area contributed by atoms with E-state index in [0.29, 0.717) is 18.0 Å². The van der Waals surface area contributed by atoms with Crippen molar-refractivity contribution >= 4 is 10.0 Å². The number of aromatic nitrogens is 3. The zero-order valence-electron chi connectivity index (χ0n) is 13.0. The van der Waals surface area contributed by atoms with Crippen molar-refractivity contribution in [3.63, 3.8) is 0 Å². The number of hydrogen-bond donors (Lipinski definition) is 1. The Balaban J connectivity index is 1.70. The molecule has 0 saturated heterocycles. The van der Waals surface area contributed by atoms with Crippen LogP contribution in [0.4, 0.5) is 0 Å². The number of ether oxygens (including phenoxy) is 1. The predicted octanol–water partition coefficient (Wildman–Crippen LogP) is 1.80. The highest BCUT2D eigenvalue weighted by Gasteiger charge is 2.08. The molecule has 3 rings (SSSR count). The van der Waals surface area contributed by atoms with Crippen LogP contribution in [0.3, 0.4) is 0 Å². The van der Waals surface area contributed by atoms with Gasteiger partial charge in [-0.05, 0) is 43.3 Å². The molecule has 2 aromatic carbocycles. The van der Waals surface area contributed by atoms with Crippen molar-refractivity contribution in [2.24, 2.45) is 5.14 Å². The van der Waals surface area contributed by atoms with Gasteiger partial charge >= 0.3 is 0 Å². The number of rotatable bonds is 5. The molecule has 0 saturated carbocycles. The average molecular weight is 344 g/mol. The minimum Gasteiger partial charge on any atom is -0.487 e. The summed E-state index contributed by atoms with van der Waals surface area (Å²) in [5, 5.41) is 13.1. The molecule has 0 aliphatic heterocycles. The zero-order chi connectivity index (χ0) is 17.2. The van der Waals surface area contributed by atoms with Gasteiger partial charge in [0.25, 0.3) is 0 Å². The second-order valence-electron chi connectivity index (χ2n) is 5.30. The second kappa shape index (κ2) is 6.42. The number of hydrogen-bond acceptors (Lipinski definition) is 5. The Labute approximate surface area is 139 Å². The van der Waals surface area contributed by atoms with Crippen molar-refractivity contribution in [3.05, 3.63) is 66.0 Å². The third-order valence-corrected chi connectivity index (χ3v) is 4.31. The van der Waals surface area contributed by atoms with Crippen LogP contribution in [-0.4, -0.2) is 23.4 Å². The molecule has 0 radical (unpaired) electrons. The van der Waals surface area contributed by atoms with Crippen LogP contribution in [-0.2, 0) is 16.6 Å². The van der Waals surface area contributed by atoms with Crippen LogP contribution in [0.25, 0.3) is 5.69 Å². The van der Waals surface area contributed by atoms with Crippen molar-refractivity contribution in [1.29, 1.82) is 0 Å². The summed E-state index contributed by atoms with van der Waals surface area (Å²) >= 11 is 0. The minimum atomic E-state index is -3.70. The zero-order valence-corrected chi connectivity index (χ0v) is 13.8. The lowest BCUT2D eigenvalue weighted by Crippen LogP contribution is -2.12. The van der Waals surface area contributed by atoms with Crippen LogP contribution in [0.15, 0.2) is 59.6 Å². The van der Waals surface area contributed by atoms with Gasteiger partial charge in [-0.2, -0.15) is 0 Å². The lowest BCUT2D eigenvalue weighted by atomic mass is 10.2. The summed E-state index contributed by atoms with van der Waals surface area (Å²) < 4.78 is 29.7. The Kier molecular flexibility index (Phi) is 4.32. The maximum absolute atomic E-state index is 11.3. The van der Waals surface area contributed by atoms with Crippen LogP contribution in [0.1, 0.15) is 11.3 Å². The number of aryl methyl sites for hydroxylation is 1. The molecule has 1 aromatic heterocycles. The molecule has 124 valence electrons. The third-order valence-electron chi connectivity index (χ3n) is 3.38. The van der Waals surface area contributed by atoms with Crippen LogP contribution in [0, 0.1) is 6.92 Å². The Morgan fingerprint density at radius 2 is 1.75 bits per heavy atom. The molecule has 7 nitrogen and oxygen atoms in total. The topological polar surface area (TPSA) is 100 Å². The molecule has 0 aliphatic rings. The van der Waals surface area contributed by atoms with Gasteiger partial charge in [-0.1, -0.05) is 22.9 Å². The molecule has 1 heterocycles. The Morgan fingerprint density at radius 1 is 1.08 bits per heavy atom. The molecular formula is C16H16N4O3S. The average Bonchev–Trinajstić information content (AvgIpc) is 3.03. The van der Waals surface area contributed by atoms with E-state index in [2.05, 4.69) is 10.3 Å². The summed E-state index contributed by atoms with van der Waals surface area (Å²) in [6.45, 7) is 2.30. The van der Waals surface area contributed by atoms with Gasteiger partial charge in [0.1, 0.15) is 18.1 Å². The summed E-state index contributed by atoms with van der Waals surface area (Å²) in [6.07, 6.45) is 1.72. The molecule has 0 atom stereocenters. The molecule has 0 fully saturated rings. The Bertz CT molecular complexity index is 932. The quantitative estimate of drug-likeness (QED) is 0.761. The first-order valence-electron chi connectivity index (χ1n) is 7.16. The van der Waals surface area contributed by atoms with Crippen molar-refractivity contribution in [1.82, 2.24) is 15.0 Å². The molecule has 3 aromatic rings. The van der Waals surface area contributed by atoms with Crippen molar-refractivity contribution in [2.45, 2.75) is 18.4 Å². The first kappa shape index (κ1) is 16.2. The molecule has 0 bridgehead atoms. The molecule has 0 amide bonds. The summed E-state index contributed by atoms with van der Waals surface area (Å²) in [5.41, 5.74) is 2.50. The van der Waals surface area contributed by atoms with Crippen LogP contribution in [0.2, 0.25) is 0 Å². The van der Waals surface area contributed by atoms with E-state index in [1.54, 1.807) is 23.0 Å². The van der Waals surface area contributed by atoms with Gasteiger partial charge in [-0.3, -0.25) is 0 Å². The summed E-state index contributed by atoms with van der Waals surface area (Å²) in [5.74, 6) is 0.757. The summed E-state index contributed by atoms with van der Waals surface area (Å²) in [7, 11) is -3.70. The van der Waals surface area contributed by atoms with Crippen LogP contribution >= 0.6 is 0 Å². The monoisotopic (exact) mass is 344 g/mol. The highest BCUT2D eigenvalue weighted by Crippen LogP contribution is 2.15. The Hall–Kier alpha value is -2.71. The van der Waals surface area contributed by atoms with E-state index in [1.165, 1.54) is 12.1 Å². The fourth-order valence-electron chi connectivity index (χ4n) is 2.07. The SMILES string of the molecule is Cc1ccc(OCc2cn(-c3ccc(S(N)(=O)=O)cc3)nn2)cc1. The highest BCUT2D eigenvalue weighted by molar-refractivity contribution is 7.89. The van der Waals surface area contributed by atoms with E-state index in [9.17, 15) is 8.42 Å². The normalized spacial score (nSPS) is 11.4. The number of nitrogens with two attached hydrogens (primary N) is 1. The van der Waals surface area contributed by atoms with E-state index in [-0.39, 0.29) is 4.90 Å². The molecule has 8 heteroatoms. The Morgan fingerprint density at radius 3 is 2.38 bits per heavy atom. The van der Waals surface area contributed by atoms with E-state index in [1.807, 2.05) is 31.2 Å². The molecule has 0 unspecified atom stereocenters. The van der Waals surface area contributed by atoms with Crippen molar-refractivity contribution in [2.75, 3.05) is 0 Å². The van der Waals surface area contributed by atoms with Crippen LogP contribution < -0.4 is 9.88 Å². The molecule has 0 aliphatic carbocycles. The fourth-order valence-corrected chi connectivity index (χ4v) is 2.59. The predicted molar refractivity (Wildman–Crippen MR) is 88.2 cm³/mol. The van der Waals surface area contributed by atoms with Gasteiger partial charge in [0.05, 0.1) is 16.8 Å². The van der Waals surface area contributed by atoms with Crippen molar-refractivity contribution in [3.8, 4) is 11.4 Å². The maximum atomic E-state index is 11.3. The lowest BCUT2D eigenvalue weighted by Gasteiger charge is -2.04. The number of nitrogens with zero attached hydrogens (tertiary/aromatic N) is 3. The van der Waals surface area contributed by atoms with E-state index >= 15 is 0 Å². The first-order chi connectivity index (χ1) is 11.4. The summed E-state index contributed by atoms with van der Waals surface area (Å²) in [6, 6.07) is 13.8. The van der Waals surface area contributed by atoms with Gasteiger partial charge < -0.3 is 4.74 Å². The van der Waals surface area contributed by atoms with Crippen molar-refractivity contribution < 1.29 is 13.2 Å². The first-order valence-corrected chi connectivity index (χ1v) is 8.70. The largest absolute Gasteiger partial charge is 0.487 e. The molecule has 2 N–H and O–H groups in total. The standard InChI is InChI=1S/C16H16N4O3S/c1-12-2-6-15(7-3-12)23-11-13-10-20(19-18-13)14-4-8-16(9-5-14)24(17,21)22/h2-10H,11H2,1H3,(H2,17,21,22). The van der Waals surface area contributed by atoms with Gasteiger partial charge in [-0.25, -0.2) is 18.2 Å². The molecular weight excluding hydrogens is 328 g/mol. The van der Waals surface area contributed by atoms with E-state index < -0.39 is 10.0 Å². The number of benzene rings is 2. The fraction of sp³-hybridized carbons (Fsp3) is 0.125. The smallest absolute Gasteiger partial charge is 0.238 e. The highest BCUT2D eigenvalue weighted by atomic mass is 32.2. The second-order valence-corrected chi connectivity index (χ2v) is 6.86. The summed E-state index contributed by atoms with van der Waals surface area (Å²) in [4.78, 5) is 0.0503. The lowest BCUT2D eigenvalue weighted by molar-refractivity contribution is 0.301. The number of sulfonamides is 1. The van der Waals surface area contributed by atoms with Gasteiger partial charge in [-0.15, -0.1) is 5.10 Å². The van der Waals surface area contributed by atoms with Crippen LogP contribution in [0.5, 0.6) is 5.75 Å². The van der Waals surface area contributed by atoms with E-state index in [4.69, 9.17) is 9.88 Å². The van der Waals surface area contributed by atoms with E-state index in [0.717, 1.165) is 11.3 Å². The van der Waals surface area contributed by atoms with Gasteiger partial charge in [0, 0.05) is 0 Å². The minimum absolute atomic E-state index is 0.0503. The van der Waals surface area contributed by atoms with Gasteiger partial charge in [0.2, 0.25) is 10.0 Å². The molecule has 24 heavy (non-hydrogen) atoms. The number of primary sulfonamides is 1. The van der Waals surface area contributed by atoms with Gasteiger partial charge in [0.15, 0.2) is 0 Å².